The van der Waals surface area contributed by atoms with E-state index in [2.05, 4.69) is 0 Å². The molecule has 1 aliphatic rings. The molecular weight excluding hydrogens is 318 g/mol. The van der Waals surface area contributed by atoms with Gasteiger partial charge in [0.05, 0.1) is 11.5 Å². The molecule has 6 heteroatoms. The lowest BCUT2D eigenvalue weighted by molar-refractivity contribution is 0.344. The number of ether oxygens (including phenoxy) is 1. The summed E-state index contributed by atoms with van der Waals surface area (Å²) >= 11 is 1.80. The Morgan fingerprint density at radius 1 is 1.09 bits per heavy atom. The van der Waals surface area contributed by atoms with Crippen LogP contribution in [0.4, 0.5) is 0 Å². The van der Waals surface area contributed by atoms with Gasteiger partial charge in [-0.05, 0) is 19.1 Å². The lowest BCUT2D eigenvalue weighted by Crippen LogP contribution is -2.37. The number of benzene rings is 2. The zero-order valence-electron chi connectivity index (χ0n) is 12.5. The van der Waals surface area contributed by atoms with E-state index < -0.39 is 10.0 Å². The van der Waals surface area contributed by atoms with Crippen LogP contribution in [0.5, 0.6) is 5.75 Å². The highest BCUT2D eigenvalue weighted by Gasteiger charge is 2.28. The van der Waals surface area contributed by atoms with Crippen molar-refractivity contribution in [2.24, 2.45) is 0 Å². The van der Waals surface area contributed by atoms with Gasteiger partial charge in [-0.1, -0.05) is 24.3 Å². The van der Waals surface area contributed by atoms with Crippen molar-refractivity contribution in [3.63, 3.8) is 0 Å². The topological polar surface area (TPSA) is 46.6 Å². The highest BCUT2D eigenvalue weighted by atomic mass is 32.2. The van der Waals surface area contributed by atoms with E-state index in [1.54, 1.807) is 28.2 Å². The van der Waals surface area contributed by atoms with E-state index >= 15 is 0 Å². The van der Waals surface area contributed by atoms with E-state index in [1.807, 2.05) is 31.2 Å². The van der Waals surface area contributed by atoms with Gasteiger partial charge in [0, 0.05) is 35.4 Å². The fourth-order valence-corrected chi connectivity index (χ4v) is 5.45. The molecule has 22 heavy (non-hydrogen) atoms. The fraction of sp³-hybridized carbons (Fsp3) is 0.375. The first-order chi connectivity index (χ1) is 10.6. The summed E-state index contributed by atoms with van der Waals surface area (Å²) in [4.78, 5) is 0.374. The van der Waals surface area contributed by atoms with Crippen LogP contribution in [0.15, 0.2) is 41.3 Å². The third-order valence-electron chi connectivity index (χ3n) is 3.73. The Morgan fingerprint density at radius 3 is 2.45 bits per heavy atom. The highest BCUT2D eigenvalue weighted by molar-refractivity contribution is 7.99. The summed E-state index contributed by atoms with van der Waals surface area (Å²) in [5.74, 6) is 2.44. The summed E-state index contributed by atoms with van der Waals surface area (Å²) in [6.45, 7) is 3.63. The summed E-state index contributed by atoms with van der Waals surface area (Å²) in [5, 5.41) is 1.57. The number of fused-ring (bicyclic) bond motifs is 1. The molecule has 2 aromatic carbocycles. The molecule has 0 spiro atoms. The number of nitrogens with zero attached hydrogens (tertiary/aromatic N) is 1. The first-order valence-corrected chi connectivity index (χ1v) is 9.96. The smallest absolute Gasteiger partial charge is 0.243 e. The number of sulfonamides is 1. The van der Waals surface area contributed by atoms with Gasteiger partial charge in [0.2, 0.25) is 10.0 Å². The average molecular weight is 337 g/mol. The van der Waals surface area contributed by atoms with Gasteiger partial charge in [-0.25, -0.2) is 8.42 Å². The minimum atomic E-state index is -3.46. The van der Waals surface area contributed by atoms with Crippen molar-refractivity contribution in [1.82, 2.24) is 4.31 Å². The molecule has 118 valence electrons. The van der Waals surface area contributed by atoms with Crippen molar-refractivity contribution >= 4 is 32.6 Å². The number of hydrogen-bond acceptors (Lipinski definition) is 4. The summed E-state index contributed by atoms with van der Waals surface area (Å²) in [6, 6.07) is 11.0. The standard InChI is InChI=1S/C16H19NO3S2/c1-2-20-15-7-8-16(14-6-4-3-5-13(14)15)22(18,19)17-9-11-21-12-10-17/h3-8H,2,9-12H2,1H3. The zero-order valence-corrected chi connectivity index (χ0v) is 14.1. The van der Waals surface area contributed by atoms with Crippen molar-refractivity contribution < 1.29 is 13.2 Å². The minimum Gasteiger partial charge on any atom is -0.493 e. The molecule has 1 heterocycles. The molecule has 4 nitrogen and oxygen atoms in total. The lowest BCUT2D eigenvalue weighted by Gasteiger charge is -2.26. The Bertz CT molecular complexity index is 768. The number of thioether (sulfide) groups is 1. The summed E-state index contributed by atoms with van der Waals surface area (Å²) in [6.07, 6.45) is 0. The van der Waals surface area contributed by atoms with Crippen molar-refractivity contribution in [2.75, 3.05) is 31.2 Å². The minimum absolute atomic E-state index is 0.374. The SMILES string of the molecule is CCOc1ccc(S(=O)(=O)N2CCSCC2)c2ccccc12. The fourth-order valence-electron chi connectivity index (χ4n) is 2.68. The van der Waals surface area contributed by atoms with E-state index in [1.165, 1.54) is 0 Å². The largest absolute Gasteiger partial charge is 0.493 e. The Hall–Kier alpha value is -1.24. The Labute approximate surface area is 135 Å². The summed E-state index contributed by atoms with van der Waals surface area (Å²) in [7, 11) is -3.46. The third kappa shape index (κ3) is 2.83. The molecule has 2 aromatic rings. The second kappa shape index (κ2) is 6.48. The van der Waals surface area contributed by atoms with Crippen molar-refractivity contribution in [3.05, 3.63) is 36.4 Å². The van der Waals surface area contributed by atoms with Crippen molar-refractivity contribution in [3.8, 4) is 5.75 Å². The second-order valence-corrected chi connectivity index (χ2v) is 8.19. The van der Waals surface area contributed by atoms with Crippen LogP contribution in [-0.4, -0.2) is 43.9 Å². The first kappa shape index (κ1) is 15.6. The van der Waals surface area contributed by atoms with Gasteiger partial charge < -0.3 is 4.74 Å². The van der Waals surface area contributed by atoms with Gasteiger partial charge in [-0.3, -0.25) is 0 Å². The quantitative estimate of drug-likeness (QED) is 0.860. The van der Waals surface area contributed by atoms with Crippen LogP contribution in [0.1, 0.15) is 6.92 Å². The van der Waals surface area contributed by atoms with Crippen LogP contribution < -0.4 is 4.74 Å². The average Bonchev–Trinajstić information content (AvgIpc) is 2.56. The van der Waals surface area contributed by atoms with E-state index in [0.29, 0.717) is 24.6 Å². The molecule has 0 bridgehead atoms. The molecule has 1 aliphatic heterocycles. The van der Waals surface area contributed by atoms with Gasteiger partial charge in [0.25, 0.3) is 0 Å². The van der Waals surface area contributed by atoms with Crippen LogP contribution in [0.25, 0.3) is 10.8 Å². The van der Waals surface area contributed by atoms with Crippen molar-refractivity contribution in [1.29, 1.82) is 0 Å². The van der Waals surface area contributed by atoms with Crippen LogP contribution >= 0.6 is 11.8 Å². The molecule has 0 unspecified atom stereocenters. The van der Waals surface area contributed by atoms with E-state index in [9.17, 15) is 8.42 Å². The molecule has 0 atom stereocenters. The highest BCUT2D eigenvalue weighted by Crippen LogP contribution is 2.33. The lowest BCUT2D eigenvalue weighted by atomic mass is 10.1. The zero-order chi connectivity index (χ0) is 15.6. The van der Waals surface area contributed by atoms with E-state index in [0.717, 1.165) is 28.0 Å². The van der Waals surface area contributed by atoms with E-state index in [4.69, 9.17) is 4.74 Å². The molecule has 0 saturated carbocycles. The second-order valence-electron chi connectivity index (χ2n) is 5.06. The predicted octanol–water partition coefficient (Wildman–Crippen LogP) is 2.98. The molecule has 0 amide bonds. The van der Waals surface area contributed by atoms with Crippen LogP contribution in [0.2, 0.25) is 0 Å². The molecule has 1 fully saturated rings. The Morgan fingerprint density at radius 2 is 1.77 bits per heavy atom. The first-order valence-electron chi connectivity index (χ1n) is 7.37. The molecule has 0 radical (unpaired) electrons. The molecule has 0 aliphatic carbocycles. The Balaban J connectivity index is 2.13. The summed E-state index contributed by atoms with van der Waals surface area (Å²) in [5.41, 5.74) is 0. The molecule has 0 aromatic heterocycles. The van der Waals surface area contributed by atoms with Crippen LogP contribution in [0, 0.1) is 0 Å². The third-order valence-corrected chi connectivity index (χ3v) is 6.63. The van der Waals surface area contributed by atoms with Crippen LogP contribution in [0.3, 0.4) is 0 Å². The van der Waals surface area contributed by atoms with E-state index in [-0.39, 0.29) is 0 Å². The van der Waals surface area contributed by atoms with Crippen molar-refractivity contribution in [2.45, 2.75) is 11.8 Å². The maximum Gasteiger partial charge on any atom is 0.243 e. The van der Waals surface area contributed by atoms with Gasteiger partial charge in [-0.2, -0.15) is 16.1 Å². The maximum atomic E-state index is 12.9. The van der Waals surface area contributed by atoms with Gasteiger partial charge in [0.15, 0.2) is 0 Å². The summed E-state index contributed by atoms with van der Waals surface area (Å²) < 4.78 is 33.1. The van der Waals surface area contributed by atoms with Gasteiger partial charge in [0.1, 0.15) is 5.75 Å². The molecule has 0 N–H and O–H groups in total. The molecular formula is C16H19NO3S2. The normalized spacial score (nSPS) is 16.8. The van der Waals surface area contributed by atoms with Gasteiger partial charge in [-0.15, -0.1) is 0 Å². The van der Waals surface area contributed by atoms with Gasteiger partial charge >= 0.3 is 0 Å². The molecule has 3 rings (SSSR count). The monoisotopic (exact) mass is 337 g/mol. The number of hydrogen-bond donors (Lipinski definition) is 0. The maximum absolute atomic E-state index is 12.9. The number of rotatable bonds is 4. The van der Waals surface area contributed by atoms with Crippen LogP contribution in [-0.2, 0) is 10.0 Å². The molecule has 1 saturated heterocycles. The Kier molecular flexibility index (Phi) is 4.61. The predicted molar refractivity (Wildman–Crippen MR) is 91.2 cm³/mol.